The van der Waals surface area contributed by atoms with E-state index in [0.717, 1.165) is 16.8 Å². The van der Waals surface area contributed by atoms with E-state index in [0.29, 0.717) is 5.95 Å². The molecule has 3 N–H and O–H groups in total. The Balaban J connectivity index is 2.25. The molecule has 6 heteroatoms. The normalized spacial score (nSPS) is 10.3. The minimum absolute atomic E-state index is 0.170. The van der Waals surface area contributed by atoms with E-state index in [9.17, 15) is 4.79 Å². The summed E-state index contributed by atoms with van der Waals surface area (Å²) in [5.74, 6) is 0.227. The standard InChI is InChI=1S/C10H11N3O3/c1-16-6-2-3-7-8(4-6)13-10(12-7)11-5-9(14)15/h2-4H,5H2,1H3,(H,14,15)(H2,11,12,13). The third-order valence-corrected chi connectivity index (χ3v) is 2.10. The van der Waals surface area contributed by atoms with Crippen LogP contribution in [0.15, 0.2) is 18.2 Å². The molecule has 0 saturated heterocycles. The van der Waals surface area contributed by atoms with Crippen molar-refractivity contribution in [1.82, 2.24) is 9.97 Å². The maximum atomic E-state index is 10.4. The predicted octanol–water partition coefficient (Wildman–Crippen LogP) is 1.07. The summed E-state index contributed by atoms with van der Waals surface area (Å²) in [6.07, 6.45) is 0. The molecule has 0 unspecified atom stereocenters. The summed E-state index contributed by atoms with van der Waals surface area (Å²) < 4.78 is 5.07. The summed E-state index contributed by atoms with van der Waals surface area (Å²) in [6, 6.07) is 5.40. The number of carboxylic acid groups (broad SMARTS) is 1. The van der Waals surface area contributed by atoms with E-state index >= 15 is 0 Å². The first-order valence-corrected chi connectivity index (χ1v) is 4.68. The molecule has 1 heterocycles. The monoisotopic (exact) mass is 221 g/mol. The van der Waals surface area contributed by atoms with Gasteiger partial charge in [-0.3, -0.25) is 4.79 Å². The SMILES string of the molecule is COc1ccc2nc(NCC(=O)O)[nH]c2c1. The van der Waals surface area contributed by atoms with Gasteiger partial charge in [0, 0.05) is 6.07 Å². The van der Waals surface area contributed by atoms with Crippen LogP contribution in [0.2, 0.25) is 0 Å². The van der Waals surface area contributed by atoms with Crippen LogP contribution in [0.25, 0.3) is 11.0 Å². The number of hydrogen-bond donors (Lipinski definition) is 3. The number of benzene rings is 1. The second kappa shape index (κ2) is 4.09. The maximum absolute atomic E-state index is 10.4. The third-order valence-electron chi connectivity index (χ3n) is 2.10. The van der Waals surface area contributed by atoms with Gasteiger partial charge in [0.1, 0.15) is 12.3 Å². The van der Waals surface area contributed by atoms with Crippen molar-refractivity contribution in [3.8, 4) is 5.75 Å². The lowest BCUT2D eigenvalue weighted by molar-refractivity contribution is -0.134. The minimum Gasteiger partial charge on any atom is -0.497 e. The number of H-pyrrole nitrogens is 1. The van der Waals surface area contributed by atoms with Gasteiger partial charge in [-0.15, -0.1) is 0 Å². The van der Waals surface area contributed by atoms with Crippen LogP contribution in [-0.4, -0.2) is 34.7 Å². The highest BCUT2D eigenvalue weighted by Crippen LogP contribution is 2.19. The average Bonchev–Trinajstić information content (AvgIpc) is 2.67. The number of nitrogens with one attached hydrogen (secondary N) is 2. The van der Waals surface area contributed by atoms with Gasteiger partial charge in [0.2, 0.25) is 5.95 Å². The van der Waals surface area contributed by atoms with Crippen LogP contribution >= 0.6 is 0 Å². The number of methoxy groups -OCH3 is 1. The van der Waals surface area contributed by atoms with Gasteiger partial charge in [-0.25, -0.2) is 4.98 Å². The first-order valence-electron chi connectivity index (χ1n) is 4.68. The number of aromatic amines is 1. The van der Waals surface area contributed by atoms with Crippen LogP contribution < -0.4 is 10.1 Å². The Morgan fingerprint density at radius 3 is 3.12 bits per heavy atom. The Labute approximate surface area is 91.3 Å². The lowest BCUT2D eigenvalue weighted by atomic mass is 10.3. The highest BCUT2D eigenvalue weighted by molar-refractivity contribution is 5.80. The second-order valence-corrected chi connectivity index (χ2v) is 3.22. The van der Waals surface area contributed by atoms with Crippen molar-refractivity contribution in [2.45, 2.75) is 0 Å². The molecule has 0 saturated carbocycles. The van der Waals surface area contributed by atoms with Crippen LogP contribution in [0, 0.1) is 0 Å². The highest BCUT2D eigenvalue weighted by Gasteiger charge is 2.04. The number of nitrogens with zero attached hydrogens (tertiary/aromatic N) is 1. The first kappa shape index (κ1) is 10.3. The van der Waals surface area contributed by atoms with Gasteiger partial charge >= 0.3 is 5.97 Å². The highest BCUT2D eigenvalue weighted by atomic mass is 16.5. The van der Waals surface area contributed by atoms with E-state index in [1.165, 1.54) is 0 Å². The molecule has 0 spiro atoms. The van der Waals surface area contributed by atoms with Gasteiger partial charge in [-0.2, -0.15) is 0 Å². The van der Waals surface area contributed by atoms with Gasteiger partial charge in [-0.05, 0) is 12.1 Å². The van der Waals surface area contributed by atoms with Crippen LogP contribution in [0.5, 0.6) is 5.75 Å². The van der Waals surface area contributed by atoms with E-state index < -0.39 is 5.97 Å². The molecular weight excluding hydrogens is 210 g/mol. The van der Waals surface area contributed by atoms with Crippen molar-refractivity contribution in [1.29, 1.82) is 0 Å². The predicted molar refractivity (Wildman–Crippen MR) is 58.8 cm³/mol. The maximum Gasteiger partial charge on any atom is 0.322 e. The zero-order valence-corrected chi connectivity index (χ0v) is 8.65. The number of rotatable bonds is 4. The number of fused-ring (bicyclic) bond motifs is 1. The summed E-state index contributed by atoms with van der Waals surface area (Å²) in [5.41, 5.74) is 1.56. The zero-order chi connectivity index (χ0) is 11.5. The molecule has 0 aliphatic carbocycles. The van der Waals surface area contributed by atoms with Crippen molar-refractivity contribution in [2.75, 3.05) is 19.0 Å². The number of anilines is 1. The smallest absolute Gasteiger partial charge is 0.322 e. The van der Waals surface area contributed by atoms with Gasteiger partial charge in [-0.1, -0.05) is 0 Å². The van der Waals surface area contributed by atoms with Crippen molar-refractivity contribution < 1.29 is 14.6 Å². The number of aromatic nitrogens is 2. The molecule has 0 radical (unpaired) electrons. The second-order valence-electron chi connectivity index (χ2n) is 3.22. The number of carbonyl (C=O) groups is 1. The fourth-order valence-corrected chi connectivity index (χ4v) is 1.36. The number of ether oxygens (including phenoxy) is 1. The van der Waals surface area contributed by atoms with E-state index in [1.54, 1.807) is 25.3 Å². The fourth-order valence-electron chi connectivity index (χ4n) is 1.36. The molecule has 1 aromatic heterocycles. The topological polar surface area (TPSA) is 87.2 Å². The molecule has 84 valence electrons. The summed E-state index contributed by atoms with van der Waals surface area (Å²) in [5, 5.41) is 11.2. The Bertz CT molecular complexity index is 521. The Kier molecular flexibility index (Phi) is 2.63. The molecule has 6 nitrogen and oxygen atoms in total. The summed E-state index contributed by atoms with van der Waals surface area (Å²) in [6.45, 7) is -0.170. The molecule has 0 amide bonds. The van der Waals surface area contributed by atoms with Gasteiger partial charge in [0.05, 0.1) is 18.1 Å². The average molecular weight is 221 g/mol. The molecule has 2 aromatic rings. The number of aliphatic carboxylic acids is 1. The fraction of sp³-hybridized carbons (Fsp3) is 0.200. The van der Waals surface area contributed by atoms with E-state index in [4.69, 9.17) is 9.84 Å². The van der Waals surface area contributed by atoms with E-state index in [-0.39, 0.29) is 6.54 Å². The third kappa shape index (κ3) is 2.05. The minimum atomic E-state index is -0.932. The number of imidazole rings is 1. The van der Waals surface area contributed by atoms with Crippen LogP contribution in [0.4, 0.5) is 5.95 Å². The van der Waals surface area contributed by atoms with Crippen molar-refractivity contribution in [3.05, 3.63) is 18.2 Å². The van der Waals surface area contributed by atoms with Crippen LogP contribution in [0.3, 0.4) is 0 Å². The van der Waals surface area contributed by atoms with Crippen LogP contribution in [-0.2, 0) is 4.79 Å². The summed E-state index contributed by atoms with van der Waals surface area (Å²) in [4.78, 5) is 17.5. The summed E-state index contributed by atoms with van der Waals surface area (Å²) >= 11 is 0. The van der Waals surface area contributed by atoms with E-state index in [1.807, 2.05) is 0 Å². The molecular formula is C10H11N3O3. The molecule has 16 heavy (non-hydrogen) atoms. The van der Waals surface area contributed by atoms with E-state index in [2.05, 4.69) is 15.3 Å². The molecule has 2 rings (SSSR count). The van der Waals surface area contributed by atoms with Crippen molar-refractivity contribution in [2.24, 2.45) is 0 Å². The van der Waals surface area contributed by atoms with Crippen molar-refractivity contribution in [3.63, 3.8) is 0 Å². The molecule has 0 atom stereocenters. The number of carboxylic acids is 1. The zero-order valence-electron chi connectivity index (χ0n) is 8.65. The molecule has 0 aliphatic heterocycles. The molecule has 0 aliphatic rings. The molecule has 0 bridgehead atoms. The summed E-state index contributed by atoms with van der Waals surface area (Å²) in [7, 11) is 1.58. The Morgan fingerprint density at radius 1 is 1.62 bits per heavy atom. The number of hydrogen-bond acceptors (Lipinski definition) is 4. The Hall–Kier alpha value is -2.24. The first-order chi connectivity index (χ1) is 7.69. The molecule has 1 aromatic carbocycles. The lowest BCUT2D eigenvalue weighted by Crippen LogP contribution is -2.12. The largest absolute Gasteiger partial charge is 0.497 e. The van der Waals surface area contributed by atoms with Gasteiger partial charge < -0.3 is 20.1 Å². The van der Waals surface area contributed by atoms with Crippen molar-refractivity contribution >= 4 is 23.0 Å². The van der Waals surface area contributed by atoms with Gasteiger partial charge in [0.25, 0.3) is 0 Å². The van der Waals surface area contributed by atoms with Crippen LogP contribution in [0.1, 0.15) is 0 Å². The van der Waals surface area contributed by atoms with Gasteiger partial charge in [0.15, 0.2) is 0 Å². The molecule has 0 fully saturated rings. The lowest BCUT2D eigenvalue weighted by Gasteiger charge is -1.97. The quantitative estimate of drug-likeness (QED) is 0.718. The Morgan fingerprint density at radius 2 is 2.44 bits per heavy atom.